The molecular weight excluding hydrogens is 238 g/mol. The molecule has 0 unspecified atom stereocenters. The zero-order chi connectivity index (χ0) is 14.2. The molecule has 0 amide bonds. The Morgan fingerprint density at radius 3 is 2.47 bits per heavy atom. The van der Waals surface area contributed by atoms with E-state index in [0.717, 1.165) is 22.6 Å². The zero-order valence-electron chi connectivity index (χ0n) is 12.2. The first-order valence-corrected chi connectivity index (χ1v) is 6.43. The highest BCUT2D eigenvalue weighted by atomic mass is 16.5. The van der Waals surface area contributed by atoms with E-state index in [-0.39, 0.29) is 0 Å². The molecule has 1 heterocycles. The number of aryl methyl sites for hydroxylation is 1. The lowest BCUT2D eigenvalue weighted by Gasteiger charge is -2.13. The monoisotopic (exact) mass is 259 g/mol. The maximum atomic E-state index is 6.01. The van der Waals surface area contributed by atoms with Crippen molar-refractivity contribution in [2.45, 2.75) is 26.7 Å². The highest BCUT2D eigenvalue weighted by Gasteiger charge is 2.15. The standard InChI is InChI=1S/C15H21N3O/c1-9(2)12-8-11(6-7-13(12)19-5)14-10(3)18(4)17-15(14)16/h6-9H,1-5H3,(H2,16,17). The second kappa shape index (κ2) is 4.96. The molecule has 102 valence electrons. The van der Waals surface area contributed by atoms with Crippen molar-refractivity contribution >= 4 is 5.82 Å². The Hall–Kier alpha value is -1.97. The molecule has 1 aromatic carbocycles. The van der Waals surface area contributed by atoms with Crippen LogP contribution in [-0.4, -0.2) is 16.9 Å². The van der Waals surface area contributed by atoms with Crippen molar-refractivity contribution < 1.29 is 4.74 Å². The minimum atomic E-state index is 0.396. The average Bonchev–Trinajstić information content (AvgIpc) is 2.62. The Labute approximate surface area is 114 Å². The number of anilines is 1. The number of hydrogen-bond acceptors (Lipinski definition) is 3. The number of benzene rings is 1. The Morgan fingerprint density at radius 2 is 2.00 bits per heavy atom. The molecule has 19 heavy (non-hydrogen) atoms. The summed E-state index contributed by atoms with van der Waals surface area (Å²) in [7, 11) is 3.60. The third-order valence-corrected chi connectivity index (χ3v) is 3.50. The lowest BCUT2D eigenvalue weighted by molar-refractivity contribution is 0.407. The Morgan fingerprint density at radius 1 is 1.32 bits per heavy atom. The van der Waals surface area contributed by atoms with E-state index in [1.54, 1.807) is 7.11 Å². The maximum Gasteiger partial charge on any atom is 0.153 e. The summed E-state index contributed by atoms with van der Waals surface area (Å²) in [5, 5.41) is 4.27. The third-order valence-electron chi connectivity index (χ3n) is 3.50. The van der Waals surface area contributed by atoms with Gasteiger partial charge in [0.2, 0.25) is 0 Å². The van der Waals surface area contributed by atoms with Crippen LogP contribution in [-0.2, 0) is 7.05 Å². The van der Waals surface area contributed by atoms with Crippen molar-refractivity contribution in [1.29, 1.82) is 0 Å². The summed E-state index contributed by atoms with van der Waals surface area (Å²) in [5.74, 6) is 1.88. The van der Waals surface area contributed by atoms with E-state index in [4.69, 9.17) is 10.5 Å². The summed E-state index contributed by atoms with van der Waals surface area (Å²) in [6.07, 6.45) is 0. The van der Waals surface area contributed by atoms with E-state index in [0.29, 0.717) is 11.7 Å². The van der Waals surface area contributed by atoms with Crippen LogP contribution in [0, 0.1) is 6.92 Å². The van der Waals surface area contributed by atoms with Crippen LogP contribution >= 0.6 is 0 Å². The van der Waals surface area contributed by atoms with Gasteiger partial charge in [0.25, 0.3) is 0 Å². The first kappa shape index (κ1) is 13.5. The molecule has 4 nitrogen and oxygen atoms in total. The molecule has 2 rings (SSSR count). The minimum absolute atomic E-state index is 0.396. The van der Waals surface area contributed by atoms with Gasteiger partial charge in [-0.1, -0.05) is 19.9 Å². The fourth-order valence-corrected chi connectivity index (χ4v) is 2.33. The SMILES string of the molecule is COc1ccc(-c2c(N)nn(C)c2C)cc1C(C)C. The summed E-state index contributed by atoms with van der Waals surface area (Å²) in [4.78, 5) is 0. The molecule has 2 N–H and O–H groups in total. The van der Waals surface area contributed by atoms with Gasteiger partial charge in [0.05, 0.1) is 7.11 Å². The van der Waals surface area contributed by atoms with Gasteiger partial charge in [0.15, 0.2) is 5.82 Å². The van der Waals surface area contributed by atoms with Crippen molar-refractivity contribution in [2.75, 3.05) is 12.8 Å². The molecule has 0 atom stereocenters. The second-order valence-corrected chi connectivity index (χ2v) is 5.08. The van der Waals surface area contributed by atoms with Crippen LogP contribution in [0.5, 0.6) is 5.75 Å². The number of nitrogens with two attached hydrogens (primary N) is 1. The summed E-state index contributed by atoms with van der Waals surface area (Å²) in [6, 6.07) is 6.17. The van der Waals surface area contributed by atoms with E-state index in [1.165, 1.54) is 5.56 Å². The predicted molar refractivity (Wildman–Crippen MR) is 78.4 cm³/mol. The molecule has 0 fully saturated rings. The molecule has 0 bridgehead atoms. The molecule has 0 aliphatic carbocycles. The fraction of sp³-hybridized carbons (Fsp3) is 0.400. The molecule has 0 spiro atoms. The van der Waals surface area contributed by atoms with Crippen molar-refractivity contribution in [1.82, 2.24) is 9.78 Å². The summed E-state index contributed by atoms with van der Waals surface area (Å²) < 4.78 is 7.22. The Balaban J connectivity index is 2.60. The van der Waals surface area contributed by atoms with Crippen molar-refractivity contribution in [3.05, 3.63) is 29.5 Å². The summed E-state index contributed by atoms with van der Waals surface area (Å²) in [6.45, 7) is 6.33. The van der Waals surface area contributed by atoms with Gasteiger partial charge in [-0.3, -0.25) is 4.68 Å². The summed E-state index contributed by atoms with van der Waals surface area (Å²) >= 11 is 0. The van der Waals surface area contributed by atoms with Crippen molar-refractivity contribution in [3.63, 3.8) is 0 Å². The van der Waals surface area contributed by atoms with Gasteiger partial charge in [-0.05, 0) is 36.1 Å². The molecule has 0 aliphatic rings. The normalized spacial score (nSPS) is 11.1. The number of rotatable bonds is 3. The van der Waals surface area contributed by atoms with Crippen LogP contribution < -0.4 is 10.5 Å². The van der Waals surface area contributed by atoms with E-state index in [2.05, 4.69) is 25.0 Å². The van der Waals surface area contributed by atoms with E-state index in [9.17, 15) is 0 Å². The van der Waals surface area contributed by atoms with Gasteiger partial charge in [-0.2, -0.15) is 5.10 Å². The average molecular weight is 259 g/mol. The quantitative estimate of drug-likeness (QED) is 0.921. The van der Waals surface area contributed by atoms with Gasteiger partial charge in [-0.25, -0.2) is 0 Å². The molecule has 0 saturated heterocycles. The van der Waals surface area contributed by atoms with Crippen LogP contribution in [0.25, 0.3) is 11.1 Å². The molecule has 2 aromatic rings. The van der Waals surface area contributed by atoms with Crippen LogP contribution in [0.1, 0.15) is 31.0 Å². The number of nitrogen functional groups attached to an aromatic ring is 1. The number of ether oxygens (including phenoxy) is 1. The topological polar surface area (TPSA) is 53.1 Å². The van der Waals surface area contributed by atoms with Crippen LogP contribution in [0.15, 0.2) is 18.2 Å². The minimum Gasteiger partial charge on any atom is -0.496 e. The molecule has 4 heteroatoms. The van der Waals surface area contributed by atoms with Gasteiger partial charge in [0.1, 0.15) is 5.75 Å². The predicted octanol–water partition coefficient (Wildman–Crippen LogP) is 3.11. The lowest BCUT2D eigenvalue weighted by atomic mass is 9.96. The molecule has 0 saturated carbocycles. The van der Waals surface area contributed by atoms with Gasteiger partial charge < -0.3 is 10.5 Å². The first-order valence-electron chi connectivity index (χ1n) is 6.43. The van der Waals surface area contributed by atoms with E-state index >= 15 is 0 Å². The molecule has 1 aromatic heterocycles. The smallest absolute Gasteiger partial charge is 0.153 e. The van der Waals surface area contributed by atoms with Crippen molar-refractivity contribution in [2.24, 2.45) is 7.05 Å². The molecule has 0 aliphatic heterocycles. The Bertz CT molecular complexity index is 600. The number of nitrogens with zero attached hydrogens (tertiary/aromatic N) is 2. The number of aromatic nitrogens is 2. The second-order valence-electron chi connectivity index (χ2n) is 5.08. The maximum absolute atomic E-state index is 6.01. The highest BCUT2D eigenvalue weighted by Crippen LogP contribution is 2.34. The number of methoxy groups -OCH3 is 1. The zero-order valence-corrected chi connectivity index (χ0v) is 12.2. The molecule has 0 radical (unpaired) electrons. The highest BCUT2D eigenvalue weighted by molar-refractivity contribution is 5.77. The number of hydrogen-bond donors (Lipinski definition) is 1. The lowest BCUT2D eigenvalue weighted by Crippen LogP contribution is -1.96. The van der Waals surface area contributed by atoms with Crippen LogP contribution in [0.4, 0.5) is 5.82 Å². The van der Waals surface area contributed by atoms with E-state index < -0.39 is 0 Å². The van der Waals surface area contributed by atoms with E-state index in [1.807, 2.05) is 30.8 Å². The Kier molecular flexibility index (Phi) is 3.51. The fourth-order valence-electron chi connectivity index (χ4n) is 2.33. The molecular formula is C15H21N3O. The van der Waals surface area contributed by atoms with Gasteiger partial charge in [-0.15, -0.1) is 0 Å². The van der Waals surface area contributed by atoms with Crippen molar-refractivity contribution in [3.8, 4) is 16.9 Å². The van der Waals surface area contributed by atoms with Gasteiger partial charge in [0, 0.05) is 18.3 Å². The summed E-state index contributed by atoms with van der Waals surface area (Å²) in [5.41, 5.74) is 10.4. The third kappa shape index (κ3) is 2.30. The largest absolute Gasteiger partial charge is 0.496 e. The first-order chi connectivity index (χ1) is 8.95. The van der Waals surface area contributed by atoms with Crippen LogP contribution in [0.2, 0.25) is 0 Å². The van der Waals surface area contributed by atoms with Crippen LogP contribution in [0.3, 0.4) is 0 Å². The van der Waals surface area contributed by atoms with Gasteiger partial charge >= 0.3 is 0 Å².